The first-order valence-corrected chi connectivity index (χ1v) is 8.35. The van der Waals surface area contributed by atoms with Gasteiger partial charge in [0.25, 0.3) is 5.91 Å². The topological polar surface area (TPSA) is 93.5 Å². The largest absolute Gasteiger partial charge is 0.489 e. The third kappa shape index (κ3) is 5.09. The molecule has 6 heteroatoms. The summed E-state index contributed by atoms with van der Waals surface area (Å²) in [5, 5.41) is 5.30. The molecular formula is C21H19N3O3. The van der Waals surface area contributed by atoms with Crippen LogP contribution in [0.25, 0.3) is 0 Å². The molecular weight excluding hydrogens is 342 g/mol. The number of anilines is 2. The van der Waals surface area contributed by atoms with Crippen molar-refractivity contribution in [1.29, 1.82) is 0 Å². The quantitative estimate of drug-likeness (QED) is 0.619. The van der Waals surface area contributed by atoms with Crippen molar-refractivity contribution in [2.24, 2.45) is 5.73 Å². The molecule has 0 spiro atoms. The Morgan fingerprint density at radius 3 is 2.22 bits per heavy atom. The minimum atomic E-state index is -0.665. The van der Waals surface area contributed by atoms with E-state index in [1.54, 1.807) is 36.4 Å². The lowest BCUT2D eigenvalue weighted by atomic mass is 10.1. The standard InChI is InChI=1S/C21H19N3O3/c22-21(26)24-17-9-6-8-16(13-17)23-20(25)19-12-5-4-7-15(19)14-27-18-10-2-1-3-11-18/h1-13H,14H2,(H,23,25)(H3,22,24,26). The van der Waals surface area contributed by atoms with E-state index in [1.165, 1.54) is 0 Å². The number of urea groups is 1. The van der Waals surface area contributed by atoms with Crippen LogP contribution in [-0.2, 0) is 6.61 Å². The monoisotopic (exact) mass is 361 g/mol. The van der Waals surface area contributed by atoms with Gasteiger partial charge >= 0.3 is 6.03 Å². The van der Waals surface area contributed by atoms with Gasteiger partial charge in [0.2, 0.25) is 0 Å². The van der Waals surface area contributed by atoms with E-state index in [0.717, 1.165) is 11.3 Å². The Labute approximate surface area is 157 Å². The second-order valence-corrected chi connectivity index (χ2v) is 5.78. The van der Waals surface area contributed by atoms with E-state index in [0.29, 0.717) is 16.9 Å². The van der Waals surface area contributed by atoms with E-state index in [4.69, 9.17) is 10.5 Å². The lowest BCUT2D eigenvalue weighted by molar-refractivity contribution is 0.102. The maximum Gasteiger partial charge on any atom is 0.316 e. The fourth-order valence-corrected chi connectivity index (χ4v) is 2.56. The third-order valence-electron chi connectivity index (χ3n) is 3.79. The number of primary amides is 1. The molecule has 0 heterocycles. The fourth-order valence-electron chi connectivity index (χ4n) is 2.56. The minimum absolute atomic E-state index is 0.265. The van der Waals surface area contributed by atoms with Crippen LogP contribution in [0.1, 0.15) is 15.9 Å². The number of carbonyl (C=O) groups is 2. The first-order chi connectivity index (χ1) is 13.1. The molecule has 0 aliphatic rings. The molecule has 3 amide bonds. The highest BCUT2D eigenvalue weighted by atomic mass is 16.5. The van der Waals surface area contributed by atoms with Crippen molar-refractivity contribution < 1.29 is 14.3 Å². The number of ether oxygens (including phenoxy) is 1. The van der Waals surface area contributed by atoms with Crippen molar-refractivity contribution in [2.45, 2.75) is 6.61 Å². The average Bonchev–Trinajstić information content (AvgIpc) is 2.67. The van der Waals surface area contributed by atoms with E-state index in [2.05, 4.69) is 10.6 Å². The van der Waals surface area contributed by atoms with Gasteiger partial charge in [0.1, 0.15) is 12.4 Å². The molecule has 27 heavy (non-hydrogen) atoms. The Morgan fingerprint density at radius 1 is 0.815 bits per heavy atom. The predicted octanol–water partition coefficient (Wildman–Crippen LogP) is 4.01. The van der Waals surface area contributed by atoms with Gasteiger partial charge in [-0.15, -0.1) is 0 Å². The maximum atomic E-state index is 12.7. The predicted molar refractivity (Wildman–Crippen MR) is 105 cm³/mol. The molecule has 0 bridgehead atoms. The Kier molecular flexibility index (Phi) is 5.69. The van der Waals surface area contributed by atoms with Gasteiger partial charge in [-0.2, -0.15) is 0 Å². The summed E-state index contributed by atoms with van der Waals surface area (Å²) in [6.45, 7) is 0.275. The van der Waals surface area contributed by atoms with Crippen LogP contribution in [0.5, 0.6) is 5.75 Å². The van der Waals surface area contributed by atoms with Gasteiger partial charge in [0.15, 0.2) is 0 Å². The Balaban J connectivity index is 1.72. The van der Waals surface area contributed by atoms with Crippen molar-refractivity contribution in [1.82, 2.24) is 0 Å². The molecule has 0 unspecified atom stereocenters. The SMILES string of the molecule is NC(=O)Nc1cccc(NC(=O)c2ccccc2COc2ccccc2)c1. The zero-order chi connectivity index (χ0) is 19.1. The van der Waals surface area contributed by atoms with E-state index in [1.807, 2.05) is 42.5 Å². The Hall–Kier alpha value is -3.80. The lowest BCUT2D eigenvalue weighted by Crippen LogP contribution is -2.19. The van der Waals surface area contributed by atoms with Gasteiger partial charge in [-0.1, -0.05) is 42.5 Å². The summed E-state index contributed by atoms with van der Waals surface area (Å²) >= 11 is 0. The van der Waals surface area contributed by atoms with Gasteiger partial charge < -0.3 is 21.1 Å². The average molecular weight is 361 g/mol. The number of carbonyl (C=O) groups excluding carboxylic acids is 2. The van der Waals surface area contributed by atoms with Gasteiger partial charge in [0, 0.05) is 22.5 Å². The van der Waals surface area contributed by atoms with Crippen LogP contribution in [0.3, 0.4) is 0 Å². The number of nitrogens with one attached hydrogen (secondary N) is 2. The summed E-state index contributed by atoms with van der Waals surface area (Å²) in [4.78, 5) is 23.7. The number of benzene rings is 3. The molecule has 0 saturated carbocycles. The lowest BCUT2D eigenvalue weighted by Gasteiger charge is -2.12. The Bertz CT molecular complexity index is 942. The van der Waals surface area contributed by atoms with Crippen molar-refractivity contribution in [3.63, 3.8) is 0 Å². The smallest absolute Gasteiger partial charge is 0.316 e. The number of hydrogen-bond donors (Lipinski definition) is 3. The van der Waals surface area contributed by atoms with Crippen molar-refractivity contribution >= 4 is 23.3 Å². The number of para-hydroxylation sites is 1. The fraction of sp³-hybridized carbons (Fsp3) is 0.0476. The van der Waals surface area contributed by atoms with E-state index in [9.17, 15) is 9.59 Å². The highest BCUT2D eigenvalue weighted by Crippen LogP contribution is 2.19. The Morgan fingerprint density at radius 2 is 1.48 bits per heavy atom. The van der Waals surface area contributed by atoms with Crippen LogP contribution < -0.4 is 21.1 Å². The van der Waals surface area contributed by atoms with Crippen molar-refractivity contribution in [3.8, 4) is 5.75 Å². The minimum Gasteiger partial charge on any atom is -0.489 e. The highest BCUT2D eigenvalue weighted by molar-refractivity contribution is 6.05. The number of rotatable bonds is 6. The molecule has 0 aliphatic heterocycles. The molecule has 0 aromatic heterocycles. The summed E-state index contributed by atoms with van der Waals surface area (Å²) in [5.41, 5.74) is 7.45. The summed E-state index contributed by atoms with van der Waals surface area (Å²) < 4.78 is 5.75. The zero-order valence-corrected chi connectivity index (χ0v) is 14.5. The molecule has 6 nitrogen and oxygen atoms in total. The van der Waals surface area contributed by atoms with Crippen LogP contribution in [0.15, 0.2) is 78.9 Å². The molecule has 3 aromatic carbocycles. The number of nitrogens with two attached hydrogens (primary N) is 1. The van der Waals surface area contributed by atoms with Gasteiger partial charge in [0.05, 0.1) is 0 Å². The zero-order valence-electron chi connectivity index (χ0n) is 14.5. The molecule has 136 valence electrons. The molecule has 0 saturated heterocycles. The normalized spacial score (nSPS) is 10.1. The van der Waals surface area contributed by atoms with E-state index >= 15 is 0 Å². The van der Waals surface area contributed by atoms with E-state index in [-0.39, 0.29) is 12.5 Å². The van der Waals surface area contributed by atoms with Crippen molar-refractivity contribution in [2.75, 3.05) is 10.6 Å². The van der Waals surface area contributed by atoms with Crippen LogP contribution in [-0.4, -0.2) is 11.9 Å². The molecule has 0 fully saturated rings. The molecule has 3 rings (SSSR count). The van der Waals surface area contributed by atoms with Crippen LogP contribution >= 0.6 is 0 Å². The number of hydrogen-bond acceptors (Lipinski definition) is 3. The second kappa shape index (κ2) is 8.53. The molecule has 0 atom stereocenters. The van der Waals surface area contributed by atoms with Gasteiger partial charge in [-0.25, -0.2) is 4.79 Å². The third-order valence-corrected chi connectivity index (χ3v) is 3.79. The van der Waals surface area contributed by atoms with Crippen LogP contribution in [0.2, 0.25) is 0 Å². The molecule has 3 aromatic rings. The molecule has 4 N–H and O–H groups in total. The summed E-state index contributed by atoms with van der Waals surface area (Å²) in [6, 6.07) is 22.8. The summed E-state index contributed by atoms with van der Waals surface area (Å²) in [5.74, 6) is 0.469. The van der Waals surface area contributed by atoms with Gasteiger partial charge in [-0.05, 0) is 36.4 Å². The summed E-state index contributed by atoms with van der Waals surface area (Å²) in [7, 11) is 0. The maximum absolute atomic E-state index is 12.7. The van der Waals surface area contributed by atoms with E-state index < -0.39 is 6.03 Å². The first-order valence-electron chi connectivity index (χ1n) is 8.35. The second-order valence-electron chi connectivity index (χ2n) is 5.78. The van der Waals surface area contributed by atoms with Crippen LogP contribution in [0.4, 0.5) is 16.2 Å². The summed E-state index contributed by atoms with van der Waals surface area (Å²) in [6.07, 6.45) is 0. The molecule has 0 aliphatic carbocycles. The molecule has 0 radical (unpaired) electrons. The van der Waals surface area contributed by atoms with Crippen molar-refractivity contribution in [3.05, 3.63) is 90.0 Å². The highest BCUT2D eigenvalue weighted by Gasteiger charge is 2.12. The van der Waals surface area contributed by atoms with Gasteiger partial charge in [-0.3, -0.25) is 4.79 Å². The first kappa shape index (κ1) is 18.0. The van der Waals surface area contributed by atoms with Crippen LogP contribution in [0, 0.1) is 0 Å². The number of amides is 3.